The second kappa shape index (κ2) is 8.82. The summed E-state index contributed by atoms with van der Waals surface area (Å²) in [6.45, 7) is 4.06. The Labute approximate surface area is 177 Å². The van der Waals surface area contributed by atoms with E-state index in [1.54, 1.807) is 0 Å². The Morgan fingerprint density at radius 3 is 2.59 bits per heavy atom. The van der Waals surface area contributed by atoms with Crippen molar-refractivity contribution in [3.63, 3.8) is 0 Å². The van der Waals surface area contributed by atoms with E-state index in [0.29, 0.717) is 6.54 Å². The number of hydrogen-bond acceptors (Lipinski definition) is 5. The molecule has 5 nitrogen and oxygen atoms in total. The van der Waals surface area contributed by atoms with Crippen molar-refractivity contribution in [1.82, 2.24) is 5.32 Å². The predicted octanol–water partition coefficient (Wildman–Crippen LogP) is -2.11. The molecule has 1 heterocycles. The van der Waals surface area contributed by atoms with Crippen molar-refractivity contribution in [3.05, 3.63) is 35.9 Å². The number of carboxylic acid groups (broad SMARTS) is 1. The molecule has 114 valence electrons. The average molecular weight is 346 g/mol. The Morgan fingerprint density at radius 2 is 2.05 bits per heavy atom. The largest absolute Gasteiger partial charge is 1.00 e. The molecule has 0 radical (unpaired) electrons. The minimum Gasteiger partial charge on any atom is -0.862 e. The molecule has 2 atom stereocenters. The molecule has 1 aromatic rings. The first kappa shape index (κ1) is 20.2. The summed E-state index contributed by atoms with van der Waals surface area (Å²) in [6.07, 6.45) is 0.282. The van der Waals surface area contributed by atoms with Gasteiger partial charge in [0, 0.05) is 11.2 Å². The van der Waals surface area contributed by atoms with Gasteiger partial charge in [-0.3, -0.25) is 10.1 Å². The number of carbonyl (C=O) groups is 1. The number of nitrogens with one attached hydrogen (secondary N) is 1. The van der Waals surface area contributed by atoms with Gasteiger partial charge in [-0.25, -0.2) is 0 Å². The van der Waals surface area contributed by atoms with E-state index in [4.69, 9.17) is 5.11 Å². The topological polar surface area (TPSA) is 84.8 Å². The number of aliphatic imine (C=N–C) groups is 1. The van der Waals surface area contributed by atoms with Crippen molar-refractivity contribution in [3.8, 4) is 0 Å². The zero-order valence-electron chi connectivity index (χ0n) is 13.1. The second-order valence-corrected chi connectivity index (χ2v) is 7.40. The number of nitrogens with zero attached hydrogens (tertiary/aromatic N) is 1. The van der Waals surface area contributed by atoms with Crippen molar-refractivity contribution >= 4 is 23.6 Å². The fraction of sp³-hybridized carbons (Fsp3) is 0.467. The summed E-state index contributed by atoms with van der Waals surface area (Å²) in [5.41, 5.74) is 0.932. The first-order valence-corrected chi connectivity index (χ1v) is 7.67. The van der Waals surface area contributed by atoms with Crippen LogP contribution in [-0.2, 0) is 11.2 Å². The third kappa shape index (κ3) is 5.63. The van der Waals surface area contributed by atoms with E-state index in [-0.39, 0.29) is 69.1 Å². The van der Waals surface area contributed by atoms with Gasteiger partial charge in [-0.1, -0.05) is 30.3 Å². The maximum absolute atomic E-state index is 11.8. The molecule has 2 rings (SSSR count). The molecule has 0 spiro atoms. The van der Waals surface area contributed by atoms with Crippen LogP contribution in [0.1, 0.15) is 19.4 Å². The zero-order chi connectivity index (χ0) is 15.5. The molecule has 2 unspecified atom stereocenters. The van der Waals surface area contributed by atoms with E-state index in [0.717, 1.165) is 5.56 Å². The van der Waals surface area contributed by atoms with E-state index in [9.17, 15) is 9.90 Å². The van der Waals surface area contributed by atoms with E-state index >= 15 is 0 Å². The maximum Gasteiger partial charge on any atom is 1.00 e. The van der Waals surface area contributed by atoms with Gasteiger partial charge in [-0.05, 0) is 25.3 Å². The van der Waals surface area contributed by atoms with Crippen LogP contribution in [0, 0.1) is 0 Å². The van der Waals surface area contributed by atoms with Gasteiger partial charge < -0.3 is 15.2 Å². The molecule has 1 aliphatic heterocycles. The number of hydrogen-bond donors (Lipinski definition) is 2. The molecule has 0 saturated carbocycles. The molecule has 22 heavy (non-hydrogen) atoms. The molecule has 1 aliphatic rings. The maximum atomic E-state index is 11.8. The molecule has 0 aromatic heterocycles. The molecule has 2 N–H and O–H groups in total. The van der Waals surface area contributed by atoms with Crippen LogP contribution in [0.3, 0.4) is 0 Å². The first-order chi connectivity index (χ1) is 9.88. The minimum absolute atomic E-state index is 0. The molecular weight excluding hydrogens is 327 g/mol. The summed E-state index contributed by atoms with van der Waals surface area (Å²) in [4.78, 5) is 15.2. The van der Waals surface area contributed by atoms with Crippen molar-refractivity contribution in [2.75, 3.05) is 6.54 Å². The summed E-state index contributed by atoms with van der Waals surface area (Å²) >= 11 is 1.51. The van der Waals surface area contributed by atoms with Gasteiger partial charge >= 0.3 is 57.4 Å². The number of benzene rings is 1. The van der Waals surface area contributed by atoms with E-state index in [2.05, 4.69) is 10.3 Å². The van der Waals surface area contributed by atoms with Crippen molar-refractivity contribution in [2.45, 2.75) is 36.4 Å². The van der Waals surface area contributed by atoms with Crippen LogP contribution >= 0.6 is 11.8 Å². The second-order valence-electron chi connectivity index (χ2n) is 5.54. The standard InChI is InChI=1S/C15H20N2O3S.K/c1-15(2)13(14(19)20)17-12(21-15)9-16-11(18)8-10-6-4-3-5-7-10;/h3-7,12-13,17H,8-9H2,1-2H3,(H,16,18)(H,19,20);/q;+1/p-1. The molecule has 1 fully saturated rings. The summed E-state index contributed by atoms with van der Waals surface area (Å²) in [7, 11) is 0. The molecular formula is C15H19KN2O3S. The zero-order valence-corrected chi connectivity index (χ0v) is 17.0. The fourth-order valence-electron chi connectivity index (χ4n) is 2.33. The molecule has 0 bridgehead atoms. The monoisotopic (exact) mass is 346 g/mol. The Balaban J connectivity index is 0.00000242. The first-order valence-electron chi connectivity index (χ1n) is 6.79. The van der Waals surface area contributed by atoms with E-state index < -0.39 is 16.8 Å². The van der Waals surface area contributed by atoms with Crippen LogP contribution in [0.5, 0.6) is 0 Å². The van der Waals surface area contributed by atoms with Gasteiger partial charge in [0.25, 0.3) is 0 Å². The van der Waals surface area contributed by atoms with Crippen LogP contribution in [0.15, 0.2) is 35.3 Å². The Bertz CT molecular complexity index is 537. The van der Waals surface area contributed by atoms with Gasteiger partial charge in [0.2, 0.25) is 0 Å². The third-order valence-corrected chi connectivity index (χ3v) is 4.79. The summed E-state index contributed by atoms with van der Waals surface area (Å²) in [6, 6.07) is 8.83. The van der Waals surface area contributed by atoms with Crippen molar-refractivity contribution in [2.24, 2.45) is 4.99 Å². The van der Waals surface area contributed by atoms with E-state index in [1.807, 2.05) is 44.2 Å². The van der Waals surface area contributed by atoms with Gasteiger partial charge in [0.05, 0.1) is 11.9 Å². The van der Waals surface area contributed by atoms with Gasteiger partial charge in [-0.15, -0.1) is 11.8 Å². The van der Waals surface area contributed by atoms with Crippen LogP contribution in [0.4, 0.5) is 0 Å². The van der Waals surface area contributed by atoms with Crippen LogP contribution < -0.4 is 61.8 Å². The average Bonchev–Trinajstić information content (AvgIpc) is 2.73. The number of aliphatic carboxylic acids is 1. The molecule has 7 heteroatoms. The quantitative estimate of drug-likeness (QED) is 0.362. The molecule has 0 aliphatic carbocycles. The Morgan fingerprint density at radius 1 is 1.41 bits per heavy atom. The summed E-state index contributed by atoms with van der Waals surface area (Å²) in [5, 5.41) is 23.9. The molecule has 0 amide bonds. The third-order valence-electron chi connectivity index (χ3n) is 3.37. The summed E-state index contributed by atoms with van der Waals surface area (Å²) in [5.74, 6) is -1.05. The number of rotatable bonds is 5. The minimum atomic E-state index is -0.870. The van der Waals surface area contributed by atoms with Crippen molar-refractivity contribution in [1.29, 1.82) is 0 Å². The fourth-order valence-corrected chi connectivity index (χ4v) is 3.72. The normalized spacial score (nSPS) is 23.8. The van der Waals surface area contributed by atoms with Crippen LogP contribution in [-0.4, -0.2) is 39.7 Å². The number of thioether (sulfide) groups is 1. The van der Waals surface area contributed by atoms with E-state index in [1.165, 1.54) is 11.8 Å². The smallest absolute Gasteiger partial charge is 0.862 e. The molecule has 1 saturated heterocycles. The van der Waals surface area contributed by atoms with Gasteiger partial charge in [0.15, 0.2) is 0 Å². The Kier molecular flexibility index (Phi) is 8.08. The number of carboxylic acids is 1. The van der Waals surface area contributed by atoms with Gasteiger partial charge in [0.1, 0.15) is 6.04 Å². The SMILES string of the molecule is CC1(C)SC(CN=C([O-])Cc2ccccc2)NC1C(=O)O.[K+]. The van der Waals surface area contributed by atoms with Gasteiger partial charge in [-0.2, -0.15) is 0 Å². The van der Waals surface area contributed by atoms with Crippen LogP contribution in [0.2, 0.25) is 0 Å². The predicted molar refractivity (Wildman–Crippen MR) is 82.5 cm³/mol. The van der Waals surface area contributed by atoms with Crippen molar-refractivity contribution < 1.29 is 66.4 Å². The summed E-state index contributed by atoms with van der Waals surface area (Å²) < 4.78 is -0.408. The van der Waals surface area contributed by atoms with Crippen LogP contribution in [0.25, 0.3) is 0 Å². The molecule has 1 aromatic carbocycles. The Hall–Kier alpha value is 0.106.